The van der Waals surface area contributed by atoms with Crippen molar-refractivity contribution < 1.29 is 22.9 Å². The highest BCUT2D eigenvalue weighted by Gasteiger charge is 2.32. The van der Waals surface area contributed by atoms with Gasteiger partial charge in [-0.25, -0.2) is 8.42 Å². The van der Waals surface area contributed by atoms with Gasteiger partial charge >= 0.3 is 0 Å². The summed E-state index contributed by atoms with van der Waals surface area (Å²) in [6.07, 6.45) is -0.306. The largest absolute Gasteiger partial charge is 0.487 e. The minimum atomic E-state index is -3.84. The number of nitrogens with one attached hydrogen (secondary N) is 1. The number of benzene rings is 3. The van der Waals surface area contributed by atoms with Gasteiger partial charge in [-0.1, -0.05) is 12.1 Å². The monoisotopic (exact) mass is 453 g/mol. The Labute approximate surface area is 184 Å². The maximum atomic E-state index is 13.3. The fourth-order valence-corrected chi connectivity index (χ4v) is 4.90. The quantitative estimate of drug-likeness (QED) is 0.463. The zero-order chi connectivity index (χ0) is 22.9. The zero-order valence-electron chi connectivity index (χ0n) is 17.0. The number of nitro groups is 1. The van der Waals surface area contributed by atoms with Crippen LogP contribution in [0.3, 0.4) is 0 Å². The fourth-order valence-electron chi connectivity index (χ4n) is 3.35. The Hall–Kier alpha value is -3.92. The molecule has 1 N–H and O–H groups in total. The summed E-state index contributed by atoms with van der Waals surface area (Å²) in [5.41, 5.74) is 0.991. The maximum absolute atomic E-state index is 13.3. The highest BCUT2D eigenvalue weighted by atomic mass is 32.2. The SMILES string of the molecule is C[C@@H]1CN(S(=O)(=O)c2ccc(NC(=O)c3ccc([N+](=O)[O-])cc3)cc2)c2ccccc2O1. The van der Waals surface area contributed by atoms with E-state index >= 15 is 0 Å². The van der Waals surface area contributed by atoms with Gasteiger partial charge in [0.2, 0.25) is 0 Å². The van der Waals surface area contributed by atoms with E-state index in [4.69, 9.17) is 4.74 Å². The Kier molecular flexibility index (Phi) is 5.54. The number of hydrogen-bond donors (Lipinski definition) is 1. The summed E-state index contributed by atoms with van der Waals surface area (Å²) >= 11 is 0. The molecule has 0 saturated heterocycles. The lowest BCUT2D eigenvalue weighted by Gasteiger charge is -2.34. The average molecular weight is 453 g/mol. The first-order chi connectivity index (χ1) is 15.3. The first kappa shape index (κ1) is 21.3. The van der Waals surface area contributed by atoms with E-state index in [-0.39, 0.29) is 28.8 Å². The third kappa shape index (κ3) is 4.12. The Bertz CT molecular complexity index is 1270. The van der Waals surface area contributed by atoms with E-state index in [9.17, 15) is 23.3 Å². The Morgan fingerprint density at radius 3 is 2.38 bits per heavy atom. The van der Waals surface area contributed by atoms with Crippen molar-refractivity contribution in [3.63, 3.8) is 0 Å². The van der Waals surface area contributed by atoms with Crippen LogP contribution in [0.15, 0.2) is 77.7 Å². The van der Waals surface area contributed by atoms with Gasteiger partial charge in [0.05, 0.1) is 22.1 Å². The lowest BCUT2D eigenvalue weighted by atomic mass is 10.2. The molecule has 0 radical (unpaired) electrons. The number of hydrogen-bond acceptors (Lipinski definition) is 6. The number of amides is 1. The Morgan fingerprint density at radius 2 is 1.72 bits per heavy atom. The van der Waals surface area contributed by atoms with Crippen LogP contribution in [0.4, 0.5) is 17.1 Å². The summed E-state index contributed by atoms with van der Waals surface area (Å²) in [4.78, 5) is 22.6. The number of nitro benzene ring substituents is 1. The number of para-hydroxylation sites is 2. The van der Waals surface area contributed by atoms with Crippen molar-refractivity contribution in [2.45, 2.75) is 17.9 Å². The second-order valence-electron chi connectivity index (χ2n) is 7.21. The number of carbonyl (C=O) groups excluding carboxylic acids is 1. The van der Waals surface area contributed by atoms with Gasteiger partial charge in [0.1, 0.15) is 11.9 Å². The number of carbonyl (C=O) groups is 1. The lowest BCUT2D eigenvalue weighted by Crippen LogP contribution is -2.42. The molecule has 164 valence electrons. The van der Waals surface area contributed by atoms with Gasteiger partial charge in [-0.3, -0.25) is 19.2 Å². The van der Waals surface area contributed by atoms with Crippen LogP contribution in [0.5, 0.6) is 5.75 Å². The molecule has 1 atom stereocenters. The van der Waals surface area contributed by atoms with Crippen LogP contribution < -0.4 is 14.4 Å². The number of non-ortho nitro benzene ring substituents is 1. The first-order valence-corrected chi connectivity index (χ1v) is 11.1. The van der Waals surface area contributed by atoms with Crippen LogP contribution >= 0.6 is 0 Å². The third-order valence-corrected chi connectivity index (χ3v) is 6.72. The van der Waals surface area contributed by atoms with E-state index in [1.165, 1.54) is 52.8 Å². The molecular weight excluding hydrogens is 434 g/mol. The van der Waals surface area contributed by atoms with Gasteiger partial charge < -0.3 is 10.1 Å². The molecule has 1 amide bonds. The van der Waals surface area contributed by atoms with Crippen molar-refractivity contribution in [3.8, 4) is 5.75 Å². The van der Waals surface area contributed by atoms with Crippen LogP contribution in [-0.2, 0) is 10.0 Å². The maximum Gasteiger partial charge on any atom is 0.269 e. The van der Waals surface area contributed by atoms with Gasteiger partial charge in [0.25, 0.3) is 21.6 Å². The number of fused-ring (bicyclic) bond motifs is 1. The van der Waals surface area contributed by atoms with Crippen molar-refractivity contribution in [2.24, 2.45) is 0 Å². The summed E-state index contributed by atoms with van der Waals surface area (Å²) in [6, 6.07) is 18.0. The summed E-state index contributed by atoms with van der Waals surface area (Å²) in [5, 5.41) is 13.4. The summed E-state index contributed by atoms with van der Waals surface area (Å²) < 4.78 is 33.6. The molecule has 10 heteroatoms. The molecule has 0 unspecified atom stereocenters. The molecule has 0 aliphatic carbocycles. The summed E-state index contributed by atoms with van der Waals surface area (Å²) in [7, 11) is -3.84. The molecular formula is C22H19N3O6S. The van der Waals surface area contributed by atoms with Crippen molar-refractivity contribution in [1.82, 2.24) is 0 Å². The van der Waals surface area contributed by atoms with Crippen LogP contribution in [0, 0.1) is 10.1 Å². The minimum absolute atomic E-state index is 0.0785. The molecule has 0 fully saturated rings. The smallest absolute Gasteiger partial charge is 0.269 e. The lowest BCUT2D eigenvalue weighted by molar-refractivity contribution is -0.384. The van der Waals surface area contributed by atoms with Gasteiger partial charge in [-0.05, 0) is 55.5 Å². The molecule has 3 aromatic rings. The molecule has 4 rings (SSSR count). The van der Waals surface area contributed by atoms with Crippen molar-refractivity contribution in [2.75, 3.05) is 16.2 Å². The first-order valence-electron chi connectivity index (χ1n) is 9.70. The molecule has 3 aromatic carbocycles. The molecule has 1 aliphatic rings. The van der Waals surface area contributed by atoms with Crippen molar-refractivity contribution >= 4 is 33.0 Å². The number of anilines is 2. The van der Waals surface area contributed by atoms with E-state index in [1.807, 2.05) is 0 Å². The highest BCUT2D eigenvalue weighted by molar-refractivity contribution is 7.92. The number of nitrogens with zero attached hydrogens (tertiary/aromatic N) is 2. The van der Waals surface area contributed by atoms with Crippen LogP contribution in [0.25, 0.3) is 0 Å². The van der Waals surface area contributed by atoms with Gasteiger partial charge in [-0.2, -0.15) is 0 Å². The number of ether oxygens (including phenoxy) is 1. The topological polar surface area (TPSA) is 119 Å². The number of sulfonamides is 1. The van der Waals surface area contributed by atoms with Crippen LogP contribution in [-0.4, -0.2) is 31.9 Å². The minimum Gasteiger partial charge on any atom is -0.487 e. The summed E-state index contributed by atoms with van der Waals surface area (Å²) in [6.45, 7) is 1.98. The normalized spacial score (nSPS) is 15.4. The Morgan fingerprint density at radius 1 is 1.06 bits per heavy atom. The van der Waals surface area contributed by atoms with E-state index < -0.39 is 20.9 Å². The molecule has 0 bridgehead atoms. The van der Waals surface area contributed by atoms with Crippen LogP contribution in [0.1, 0.15) is 17.3 Å². The van der Waals surface area contributed by atoms with E-state index in [0.29, 0.717) is 17.1 Å². The van der Waals surface area contributed by atoms with Crippen LogP contribution in [0.2, 0.25) is 0 Å². The predicted octanol–water partition coefficient (Wildman–Crippen LogP) is 3.82. The highest BCUT2D eigenvalue weighted by Crippen LogP contribution is 2.36. The third-order valence-electron chi connectivity index (χ3n) is 4.93. The van der Waals surface area contributed by atoms with E-state index in [0.717, 1.165) is 0 Å². The van der Waals surface area contributed by atoms with Crippen molar-refractivity contribution in [1.29, 1.82) is 0 Å². The molecule has 0 saturated carbocycles. The summed E-state index contributed by atoms with van der Waals surface area (Å²) in [5.74, 6) is 0.0354. The second-order valence-corrected chi connectivity index (χ2v) is 9.08. The van der Waals surface area contributed by atoms with E-state index in [2.05, 4.69) is 5.32 Å². The molecule has 32 heavy (non-hydrogen) atoms. The Balaban J connectivity index is 1.53. The van der Waals surface area contributed by atoms with Gasteiger partial charge in [0.15, 0.2) is 0 Å². The fraction of sp³-hybridized carbons (Fsp3) is 0.136. The molecule has 9 nitrogen and oxygen atoms in total. The standard InChI is InChI=1S/C22H19N3O6S/c1-15-14-24(20-4-2-3-5-21(20)31-15)32(29,30)19-12-8-17(9-13-19)23-22(26)16-6-10-18(11-7-16)25(27)28/h2-13,15H,14H2,1H3,(H,23,26)/t15-/m1/s1. The van der Waals surface area contributed by atoms with Gasteiger partial charge in [0, 0.05) is 23.4 Å². The molecule has 1 heterocycles. The molecule has 0 aromatic heterocycles. The second kappa shape index (κ2) is 8.31. The van der Waals surface area contributed by atoms with Crippen molar-refractivity contribution in [3.05, 3.63) is 88.5 Å². The molecule has 1 aliphatic heterocycles. The van der Waals surface area contributed by atoms with E-state index in [1.54, 1.807) is 31.2 Å². The molecule has 0 spiro atoms. The zero-order valence-corrected chi connectivity index (χ0v) is 17.8. The number of rotatable bonds is 5. The van der Waals surface area contributed by atoms with Gasteiger partial charge in [-0.15, -0.1) is 0 Å². The average Bonchev–Trinajstić information content (AvgIpc) is 2.79. The predicted molar refractivity (Wildman–Crippen MR) is 119 cm³/mol.